The molecule has 0 saturated carbocycles. The standard InChI is InChI=1S/C16H23N3O/c1-4-14-9-13(11-17-3)10-16(18-14)19(5-2)12-15-7-6-8-20-15/h6-10,17H,4-5,11-12H2,1-3H3. The summed E-state index contributed by atoms with van der Waals surface area (Å²) >= 11 is 0. The van der Waals surface area contributed by atoms with Crippen molar-refractivity contribution in [3.05, 3.63) is 47.5 Å². The van der Waals surface area contributed by atoms with Gasteiger partial charge in [0.1, 0.15) is 11.6 Å². The van der Waals surface area contributed by atoms with E-state index < -0.39 is 0 Å². The van der Waals surface area contributed by atoms with Gasteiger partial charge in [0.25, 0.3) is 0 Å². The zero-order chi connectivity index (χ0) is 14.4. The number of nitrogens with zero attached hydrogens (tertiary/aromatic N) is 2. The highest BCUT2D eigenvalue weighted by molar-refractivity contribution is 5.43. The van der Waals surface area contributed by atoms with Crippen LogP contribution < -0.4 is 10.2 Å². The maximum absolute atomic E-state index is 5.44. The van der Waals surface area contributed by atoms with Crippen LogP contribution in [0.2, 0.25) is 0 Å². The summed E-state index contributed by atoms with van der Waals surface area (Å²) in [7, 11) is 1.96. The topological polar surface area (TPSA) is 41.3 Å². The van der Waals surface area contributed by atoms with Crippen LogP contribution in [0.5, 0.6) is 0 Å². The minimum absolute atomic E-state index is 0.753. The summed E-state index contributed by atoms with van der Waals surface area (Å²) in [5, 5.41) is 3.20. The van der Waals surface area contributed by atoms with Crippen LogP contribution in [0.3, 0.4) is 0 Å². The van der Waals surface area contributed by atoms with E-state index >= 15 is 0 Å². The van der Waals surface area contributed by atoms with Gasteiger partial charge in [-0.1, -0.05) is 6.92 Å². The number of furan rings is 1. The fourth-order valence-electron chi connectivity index (χ4n) is 2.23. The first-order valence-corrected chi connectivity index (χ1v) is 7.18. The number of rotatable bonds is 7. The molecule has 0 unspecified atom stereocenters. The van der Waals surface area contributed by atoms with Crippen LogP contribution in [0.15, 0.2) is 34.9 Å². The molecule has 0 amide bonds. The lowest BCUT2D eigenvalue weighted by atomic mass is 10.2. The number of pyridine rings is 1. The SMILES string of the molecule is CCc1cc(CNC)cc(N(CC)Cc2ccco2)n1. The summed E-state index contributed by atoms with van der Waals surface area (Å²) < 4.78 is 5.44. The molecule has 0 bridgehead atoms. The van der Waals surface area contributed by atoms with E-state index in [-0.39, 0.29) is 0 Å². The molecule has 0 spiro atoms. The second-order valence-electron chi connectivity index (χ2n) is 4.80. The highest BCUT2D eigenvalue weighted by Gasteiger charge is 2.10. The van der Waals surface area contributed by atoms with Gasteiger partial charge in [-0.25, -0.2) is 4.98 Å². The molecule has 0 aliphatic carbocycles. The maximum atomic E-state index is 5.44. The van der Waals surface area contributed by atoms with Crippen molar-refractivity contribution < 1.29 is 4.42 Å². The Morgan fingerprint density at radius 2 is 2.15 bits per heavy atom. The molecule has 0 aliphatic rings. The molecule has 0 radical (unpaired) electrons. The molecule has 4 heteroatoms. The first-order valence-electron chi connectivity index (χ1n) is 7.18. The van der Waals surface area contributed by atoms with E-state index in [1.54, 1.807) is 6.26 Å². The number of hydrogen-bond donors (Lipinski definition) is 1. The van der Waals surface area contributed by atoms with Crippen molar-refractivity contribution in [2.24, 2.45) is 0 Å². The number of hydrogen-bond acceptors (Lipinski definition) is 4. The van der Waals surface area contributed by atoms with Crippen LogP contribution in [0.25, 0.3) is 0 Å². The summed E-state index contributed by atoms with van der Waals surface area (Å²) in [6.45, 7) is 6.79. The van der Waals surface area contributed by atoms with Gasteiger partial charge in [-0.2, -0.15) is 0 Å². The van der Waals surface area contributed by atoms with E-state index in [0.29, 0.717) is 0 Å². The third-order valence-electron chi connectivity index (χ3n) is 3.30. The van der Waals surface area contributed by atoms with Crippen molar-refractivity contribution in [3.8, 4) is 0 Å². The number of anilines is 1. The van der Waals surface area contributed by atoms with Crippen LogP contribution in [-0.4, -0.2) is 18.6 Å². The van der Waals surface area contributed by atoms with Crippen LogP contribution in [0.4, 0.5) is 5.82 Å². The van der Waals surface area contributed by atoms with E-state index in [2.05, 4.69) is 36.2 Å². The van der Waals surface area contributed by atoms with Gasteiger partial charge >= 0.3 is 0 Å². The van der Waals surface area contributed by atoms with E-state index in [1.165, 1.54) is 5.56 Å². The van der Waals surface area contributed by atoms with Gasteiger partial charge in [0.15, 0.2) is 0 Å². The normalized spacial score (nSPS) is 10.8. The fourth-order valence-corrected chi connectivity index (χ4v) is 2.23. The highest BCUT2D eigenvalue weighted by Crippen LogP contribution is 2.18. The summed E-state index contributed by atoms with van der Waals surface area (Å²) in [4.78, 5) is 6.98. The molecule has 1 N–H and O–H groups in total. The molecular formula is C16H23N3O. The Kier molecular flexibility index (Phi) is 5.18. The Hall–Kier alpha value is -1.81. The molecule has 0 aliphatic heterocycles. The van der Waals surface area contributed by atoms with E-state index in [0.717, 1.165) is 43.3 Å². The van der Waals surface area contributed by atoms with Crippen LogP contribution in [0, 0.1) is 0 Å². The average Bonchev–Trinajstić information content (AvgIpc) is 2.97. The molecule has 0 fully saturated rings. The summed E-state index contributed by atoms with van der Waals surface area (Å²) in [5.41, 5.74) is 2.40. The number of aryl methyl sites for hydroxylation is 1. The third-order valence-corrected chi connectivity index (χ3v) is 3.30. The lowest BCUT2D eigenvalue weighted by Gasteiger charge is -2.22. The van der Waals surface area contributed by atoms with E-state index in [4.69, 9.17) is 9.40 Å². The Morgan fingerprint density at radius 3 is 2.75 bits per heavy atom. The van der Waals surface area contributed by atoms with Gasteiger partial charge in [-0.3, -0.25) is 0 Å². The van der Waals surface area contributed by atoms with Crippen molar-refractivity contribution in [1.82, 2.24) is 10.3 Å². The molecule has 4 nitrogen and oxygen atoms in total. The van der Waals surface area contributed by atoms with Crippen molar-refractivity contribution >= 4 is 5.82 Å². The smallest absolute Gasteiger partial charge is 0.129 e. The van der Waals surface area contributed by atoms with Crippen LogP contribution >= 0.6 is 0 Å². The molecule has 20 heavy (non-hydrogen) atoms. The first-order chi connectivity index (χ1) is 9.76. The number of aromatic nitrogens is 1. The first kappa shape index (κ1) is 14.6. The molecule has 0 atom stereocenters. The van der Waals surface area contributed by atoms with Gasteiger partial charge < -0.3 is 14.6 Å². The van der Waals surface area contributed by atoms with Crippen molar-refractivity contribution in [2.45, 2.75) is 33.4 Å². The summed E-state index contributed by atoms with van der Waals surface area (Å²) in [6.07, 6.45) is 2.66. The fraction of sp³-hybridized carbons (Fsp3) is 0.438. The average molecular weight is 273 g/mol. The largest absolute Gasteiger partial charge is 0.467 e. The summed E-state index contributed by atoms with van der Waals surface area (Å²) in [6, 6.07) is 8.25. The predicted molar refractivity (Wildman–Crippen MR) is 81.8 cm³/mol. The van der Waals surface area contributed by atoms with E-state index in [1.807, 2.05) is 19.2 Å². The molecule has 2 heterocycles. The Bertz CT molecular complexity index is 523. The van der Waals surface area contributed by atoms with Gasteiger partial charge in [-0.15, -0.1) is 0 Å². The minimum atomic E-state index is 0.753. The van der Waals surface area contributed by atoms with Crippen molar-refractivity contribution in [2.75, 3.05) is 18.5 Å². The second-order valence-corrected chi connectivity index (χ2v) is 4.80. The van der Waals surface area contributed by atoms with E-state index in [9.17, 15) is 0 Å². The van der Waals surface area contributed by atoms with Gasteiger partial charge in [0.05, 0.1) is 12.8 Å². The predicted octanol–water partition coefficient (Wildman–Crippen LogP) is 2.98. The van der Waals surface area contributed by atoms with Crippen LogP contribution in [0.1, 0.15) is 30.9 Å². The van der Waals surface area contributed by atoms with Crippen molar-refractivity contribution in [1.29, 1.82) is 0 Å². The zero-order valence-electron chi connectivity index (χ0n) is 12.5. The second kappa shape index (κ2) is 7.10. The van der Waals surface area contributed by atoms with Crippen LogP contribution in [-0.2, 0) is 19.5 Å². The Balaban J connectivity index is 2.25. The molecule has 0 saturated heterocycles. The lowest BCUT2D eigenvalue weighted by Crippen LogP contribution is -2.23. The van der Waals surface area contributed by atoms with Gasteiger partial charge in [0, 0.05) is 18.8 Å². The number of nitrogens with one attached hydrogen (secondary N) is 1. The molecule has 2 aromatic rings. The Morgan fingerprint density at radius 1 is 1.30 bits per heavy atom. The molecular weight excluding hydrogens is 250 g/mol. The van der Waals surface area contributed by atoms with Crippen molar-refractivity contribution in [3.63, 3.8) is 0 Å². The zero-order valence-corrected chi connectivity index (χ0v) is 12.5. The lowest BCUT2D eigenvalue weighted by molar-refractivity contribution is 0.502. The third kappa shape index (κ3) is 3.61. The molecule has 2 aromatic heterocycles. The molecule has 2 rings (SSSR count). The quantitative estimate of drug-likeness (QED) is 0.842. The maximum Gasteiger partial charge on any atom is 0.129 e. The molecule has 0 aromatic carbocycles. The summed E-state index contributed by atoms with van der Waals surface area (Å²) in [5.74, 6) is 1.99. The Labute approximate surface area is 120 Å². The molecule has 108 valence electrons. The van der Waals surface area contributed by atoms with Gasteiger partial charge in [-0.05, 0) is 50.2 Å². The monoisotopic (exact) mass is 273 g/mol. The van der Waals surface area contributed by atoms with Gasteiger partial charge in [0.2, 0.25) is 0 Å². The highest BCUT2D eigenvalue weighted by atomic mass is 16.3. The minimum Gasteiger partial charge on any atom is -0.467 e.